The van der Waals surface area contributed by atoms with Gasteiger partial charge in [-0.15, -0.1) is 0 Å². The van der Waals surface area contributed by atoms with E-state index >= 15 is 0 Å². The minimum atomic E-state index is -3.66. The van der Waals surface area contributed by atoms with Crippen LogP contribution in [0, 0.1) is 11.3 Å². The van der Waals surface area contributed by atoms with E-state index in [1.165, 1.54) is 0 Å². The molecule has 4 atom stereocenters. The number of nitrogens with zero attached hydrogens (tertiary/aromatic N) is 1. The topological polar surface area (TPSA) is 104 Å². The number of ether oxygens (including phenoxy) is 1. The van der Waals surface area contributed by atoms with Gasteiger partial charge in [-0.05, 0) is 13.3 Å². The average Bonchev–Trinajstić information content (AvgIpc) is 2.69. The number of hydrogen-bond acceptors (Lipinski definition) is 7. The summed E-state index contributed by atoms with van der Waals surface area (Å²) in [5.41, 5.74) is 5.58. The Bertz CT molecular complexity index is 364. The summed E-state index contributed by atoms with van der Waals surface area (Å²) in [6.45, 7) is 2.17. The quantitative estimate of drug-likeness (QED) is 0.385. The monoisotopic (exact) mass is 290 g/mol. The number of nitrogens with two attached hydrogens (primary N) is 1. The predicted octanol–water partition coefficient (Wildman–Crippen LogP) is 0.153. The summed E-state index contributed by atoms with van der Waals surface area (Å²) in [6, 6.07) is 1.89. The molecule has 0 aromatic carbocycles. The van der Waals surface area contributed by atoms with Crippen LogP contribution in [0.3, 0.4) is 0 Å². The zero-order valence-corrected chi connectivity index (χ0v) is 12.2. The second-order valence-electron chi connectivity index (χ2n) is 4.21. The Morgan fingerprint density at radius 2 is 2.32 bits per heavy atom. The van der Waals surface area contributed by atoms with Crippen molar-refractivity contribution in [2.75, 3.05) is 19.8 Å². The van der Waals surface area contributed by atoms with Gasteiger partial charge >= 0.3 is 7.82 Å². The zero-order chi connectivity index (χ0) is 14.3. The van der Waals surface area contributed by atoms with Crippen molar-refractivity contribution in [3.05, 3.63) is 0 Å². The first-order chi connectivity index (χ1) is 9.04. The maximum atomic E-state index is 12.3. The van der Waals surface area contributed by atoms with Crippen molar-refractivity contribution in [3.8, 4) is 6.07 Å². The Hall–Kier alpha value is -0.415. The molecule has 9 heteroatoms. The second kappa shape index (κ2) is 8.00. The van der Waals surface area contributed by atoms with Gasteiger partial charge in [0.2, 0.25) is 0 Å². The minimum Gasteiger partial charge on any atom is -0.380 e. The maximum Gasteiger partial charge on any atom is 0.475 e. The molecule has 0 aromatic heterocycles. The predicted molar refractivity (Wildman–Crippen MR) is 71.2 cm³/mol. The third-order valence-corrected chi connectivity index (χ3v) is 4.24. The molecule has 1 rings (SSSR count). The summed E-state index contributed by atoms with van der Waals surface area (Å²) in [5.74, 6) is 0. The first-order valence-corrected chi connectivity index (χ1v) is 7.80. The van der Waals surface area contributed by atoms with Crippen LogP contribution in [-0.2, 0) is 22.9 Å². The van der Waals surface area contributed by atoms with E-state index in [0.717, 1.165) is 0 Å². The van der Waals surface area contributed by atoms with Crippen LogP contribution in [0.2, 0.25) is 0 Å². The van der Waals surface area contributed by atoms with Crippen LogP contribution in [0.15, 0.2) is 0 Å². The van der Waals surface area contributed by atoms with Gasteiger partial charge in [0.15, 0.2) is 0 Å². The standard InChI is InChI=1S/C10H20BN2O5P/c1-2-15-19(14,16-5-3-4-12)18-8-6-10(11)17-9(8)7-13/h8-10H,2-3,5-7,11,13H2,1H3/t8-,9-,10-,19?/m1/s1. The molecule has 0 amide bonds. The van der Waals surface area contributed by atoms with Crippen molar-refractivity contribution in [1.82, 2.24) is 0 Å². The minimum absolute atomic E-state index is 0.00417. The molecule has 0 radical (unpaired) electrons. The van der Waals surface area contributed by atoms with Gasteiger partial charge in [-0.25, -0.2) is 4.57 Å². The second-order valence-corrected chi connectivity index (χ2v) is 5.83. The lowest BCUT2D eigenvalue weighted by Crippen LogP contribution is -2.31. The van der Waals surface area contributed by atoms with Crippen molar-refractivity contribution in [2.45, 2.75) is 38.0 Å². The van der Waals surface area contributed by atoms with Gasteiger partial charge in [-0.3, -0.25) is 13.6 Å². The fourth-order valence-corrected chi connectivity index (χ4v) is 3.24. The number of rotatable bonds is 8. The average molecular weight is 290 g/mol. The summed E-state index contributed by atoms with van der Waals surface area (Å²) in [4.78, 5) is 0. The molecule has 1 fully saturated rings. The van der Waals surface area contributed by atoms with E-state index in [1.54, 1.807) is 6.92 Å². The lowest BCUT2D eigenvalue weighted by molar-refractivity contribution is 0.0230. The molecule has 1 saturated heterocycles. The Balaban J connectivity index is 2.61. The van der Waals surface area contributed by atoms with E-state index in [4.69, 9.17) is 29.3 Å². The Morgan fingerprint density at radius 3 is 2.89 bits per heavy atom. The van der Waals surface area contributed by atoms with E-state index in [0.29, 0.717) is 6.42 Å². The normalized spacial score (nSPS) is 29.8. The van der Waals surface area contributed by atoms with Gasteiger partial charge in [0.25, 0.3) is 0 Å². The largest absolute Gasteiger partial charge is 0.475 e. The molecule has 0 aliphatic carbocycles. The summed E-state index contributed by atoms with van der Waals surface area (Å²) in [6.07, 6.45) is -0.0263. The molecule has 0 bridgehead atoms. The molecule has 2 N–H and O–H groups in total. The molecule has 0 spiro atoms. The summed E-state index contributed by atoms with van der Waals surface area (Å²) in [7, 11) is -1.76. The van der Waals surface area contributed by atoms with Crippen LogP contribution in [0.1, 0.15) is 19.8 Å². The van der Waals surface area contributed by atoms with Crippen LogP contribution in [0.4, 0.5) is 0 Å². The highest BCUT2D eigenvalue weighted by Gasteiger charge is 2.39. The molecule has 1 aliphatic rings. The first-order valence-electron chi connectivity index (χ1n) is 6.34. The SMILES string of the molecule is B[C@H]1C[C@@H](OP(=O)(OCC)OCCC#N)[C@@H](CN)O1. The van der Waals surface area contributed by atoms with E-state index < -0.39 is 13.9 Å². The van der Waals surface area contributed by atoms with Gasteiger partial charge in [0.05, 0.1) is 37.9 Å². The first kappa shape index (κ1) is 16.6. The third-order valence-electron chi connectivity index (χ3n) is 2.63. The fraction of sp³-hybridized carbons (Fsp3) is 0.900. The lowest BCUT2D eigenvalue weighted by atomic mass is 9.96. The molecule has 0 saturated carbocycles. The lowest BCUT2D eigenvalue weighted by Gasteiger charge is -2.23. The summed E-state index contributed by atoms with van der Waals surface area (Å²) < 4.78 is 33.5. The number of hydrogen-bond donors (Lipinski definition) is 1. The molecule has 0 aromatic rings. The van der Waals surface area contributed by atoms with Gasteiger partial charge in [0.1, 0.15) is 7.85 Å². The molecule has 19 heavy (non-hydrogen) atoms. The molecule has 7 nitrogen and oxygen atoms in total. The highest BCUT2D eigenvalue weighted by Crippen LogP contribution is 2.52. The van der Waals surface area contributed by atoms with Crippen molar-refractivity contribution in [2.24, 2.45) is 5.73 Å². The molecule has 108 valence electrons. The number of phosphoric ester groups is 1. The van der Waals surface area contributed by atoms with Crippen molar-refractivity contribution in [3.63, 3.8) is 0 Å². The van der Waals surface area contributed by atoms with E-state index in [-0.39, 0.29) is 38.3 Å². The third kappa shape index (κ3) is 5.23. The highest BCUT2D eigenvalue weighted by molar-refractivity contribution is 7.48. The smallest absolute Gasteiger partial charge is 0.380 e. The Kier molecular flexibility index (Phi) is 7.01. The maximum absolute atomic E-state index is 12.3. The highest BCUT2D eigenvalue weighted by atomic mass is 31.2. The number of phosphoric acid groups is 1. The van der Waals surface area contributed by atoms with Crippen LogP contribution in [0.5, 0.6) is 0 Å². The van der Waals surface area contributed by atoms with Crippen molar-refractivity contribution < 1.29 is 22.9 Å². The van der Waals surface area contributed by atoms with E-state index in [9.17, 15) is 4.57 Å². The van der Waals surface area contributed by atoms with E-state index in [2.05, 4.69) is 0 Å². The fourth-order valence-electron chi connectivity index (χ4n) is 1.86. The molecule has 1 aliphatic heterocycles. The Labute approximate surface area is 114 Å². The van der Waals surface area contributed by atoms with Crippen LogP contribution < -0.4 is 5.73 Å². The van der Waals surface area contributed by atoms with Crippen molar-refractivity contribution >= 4 is 15.7 Å². The van der Waals surface area contributed by atoms with Gasteiger partial charge in [-0.1, -0.05) is 0 Å². The molecular formula is C10H20BN2O5P. The zero-order valence-electron chi connectivity index (χ0n) is 11.3. The van der Waals surface area contributed by atoms with Gasteiger partial charge < -0.3 is 10.5 Å². The van der Waals surface area contributed by atoms with E-state index in [1.807, 2.05) is 13.9 Å². The summed E-state index contributed by atoms with van der Waals surface area (Å²) in [5, 5.41) is 8.45. The Morgan fingerprint density at radius 1 is 1.58 bits per heavy atom. The van der Waals surface area contributed by atoms with Crippen LogP contribution >= 0.6 is 7.82 Å². The molecule has 1 heterocycles. The molecular weight excluding hydrogens is 270 g/mol. The van der Waals surface area contributed by atoms with Gasteiger partial charge in [-0.2, -0.15) is 5.26 Å². The number of nitriles is 1. The summed E-state index contributed by atoms with van der Waals surface area (Å²) >= 11 is 0. The van der Waals surface area contributed by atoms with Crippen LogP contribution in [-0.4, -0.2) is 45.8 Å². The van der Waals surface area contributed by atoms with Gasteiger partial charge in [0, 0.05) is 12.5 Å². The van der Waals surface area contributed by atoms with Crippen molar-refractivity contribution in [1.29, 1.82) is 5.26 Å². The van der Waals surface area contributed by atoms with Crippen LogP contribution in [0.25, 0.3) is 0 Å². The molecule has 1 unspecified atom stereocenters.